The van der Waals surface area contributed by atoms with E-state index in [0.29, 0.717) is 11.3 Å². The van der Waals surface area contributed by atoms with E-state index in [1.165, 1.54) is 30.3 Å². The van der Waals surface area contributed by atoms with Gasteiger partial charge in [-0.1, -0.05) is 23.7 Å². The minimum atomic E-state index is -0.493. The molecular weight excluding hydrogens is 255 g/mol. The normalized spacial score (nSPS) is 10.1. The lowest BCUT2D eigenvalue weighted by molar-refractivity contribution is 0.102. The largest absolute Gasteiger partial charge is 0.398 e. The van der Waals surface area contributed by atoms with Crippen LogP contribution in [0.2, 0.25) is 5.02 Å². The van der Waals surface area contributed by atoms with E-state index >= 15 is 0 Å². The Labute approximate surface area is 108 Å². The molecule has 0 unspecified atom stereocenters. The Morgan fingerprint density at radius 2 is 1.94 bits per heavy atom. The molecule has 0 bridgehead atoms. The molecule has 0 atom stereocenters. The molecule has 0 fully saturated rings. The van der Waals surface area contributed by atoms with Crippen molar-refractivity contribution in [1.82, 2.24) is 0 Å². The van der Waals surface area contributed by atoms with Crippen molar-refractivity contribution in [2.75, 3.05) is 11.1 Å². The first-order chi connectivity index (χ1) is 8.58. The molecule has 2 rings (SSSR count). The van der Waals surface area contributed by atoms with Crippen molar-refractivity contribution in [3.05, 3.63) is 58.9 Å². The van der Waals surface area contributed by atoms with Crippen LogP contribution in [0.25, 0.3) is 0 Å². The number of amides is 1. The smallest absolute Gasteiger partial charge is 0.255 e. The summed E-state index contributed by atoms with van der Waals surface area (Å²) in [6, 6.07) is 10.4. The average molecular weight is 265 g/mol. The maximum Gasteiger partial charge on any atom is 0.255 e. The molecule has 5 heteroatoms. The van der Waals surface area contributed by atoms with Gasteiger partial charge in [0.15, 0.2) is 0 Å². The monoisotopic (exact) mass is 264 g/mol. The highest BCUT2D eigenvalue weighted by molar-refractivity contribution is 6.33. The van der Waals surface area contributed by atoms with Gasteiger partial charge in [-0.05, 0) is 30.3 Å². The van der Waals surface area contributed by atoms with Crippen LogP contribution in [-0.2, 0) is 0 Å². The minimum absolute atomic E-state index is 0.121. The highest BCUT2D eigenvalue weighted by Crippen LogP contribution is 2.21. The van der Waals surface area contributed by atoms with Crippen LogP contribution in [0.3, 0.4) is 0 Å². The van der Waals surface area contributed by atoms with Gasteiger partial charge >= 0.3 is 0 Å². The van der Waals surface area contributed by atoms with Gasteiger partial charge in [0.1, 0.15) is 5.82 Å². The number of para-hydroxylation sites is 1. The second-order valence-corrected chi connectivity index (χ2v) is 4.08. The number of carbonyl (C=O) groups excluding carboxylic acids is 1. The molecule has 18 heavy (non-hydrogen) atoms. The fraction of sp³-hybridized carbons (Fsp3) is 0. The number of hydrogen-bond donors (Lipinski definition) is 2. The molecule has 0 aliphatic carbocycles. The summed E-state index contributed by atoms with van der Waals surface area (Å²) in [6.07, 6.45) is 0. The standard InChI is InChI=1S/C13H10ClFN2O/c14-9-7-8(5-6-11(9)16)13(18)17-12-4-2-1-3-10(12)15/h1-7H,16H2,(H,17,18). The number of hydrogen-bond acceptors (Lipinski definition) is 2. The van der Waals surface area contributed by atoms with Crippen molar-refractivity contribution < 1.29 is 9.18 Å². The van der Waals surface area contributed by atoms with E-state index in [1.54, 1.807) is 12.1 Å². The number of anilines is 2. The lowest BCUT2D eigenvalue weighted by Gasteiger charge is -2.07. The number of nitrogens with two attached hydrogens (primary N) is 1. The van der Waals surface area contributed by atoms with Crippen molar-refractivity contribution in [2.24, 2.45) is 0 Å². The zero-order valence-corrected chi connectivity index (χ0v) is 10.0. The zero-order chi connectivity index (χ0) is 13.1. The first-order valence-electron chi connectivity index (χ1n) is 5.19. The van der Waals surface area contributed by atoms with E-state index in [4.69, 9.17) is 17.3 Å². The Kier molecular flexibility index (Phi) is 3.48. The highest BCUT2D eigenvalue weighted by atomic mass is 35.5. The van der Waals surface area contributed by atoms with E-state index < -0.39 is 11.7 Å². The van der Waals surface area contributed by atoms with E-state index in [-0.39, 0.29) is 10.7 Å². The maximum absolute atomic E-state index is 13.3. The van der Waals surface area contributed by atoms with Crippen LogP contribution in [-0.4, -0.2) is 5.91 Å². The fourth-order valence-electron chi connectivity index (χ4n) is 1.43. The SMILES string of the molecule is Nc1ccc(C(=O)Nc2ccccc2F)cc1Cl. The number of halogens is 2. The van der Waals surface area contributed by atoms with Crippen LogP contribution in [0.4, 0.5) is 15.8 Å². The number of nitrogen functional groups attached to an aromatic ring is 1. The molecule has 0 spiro atoms. The zero-order valence-electron chi connectivity index (χ0n) is 9.28. The number of rotatable bonds is 2. The minimum Gasteiger partial charge on any atom is -0.398 e. The predicted molar refractivity (Wildman–Crippen MR) is 70.2 cm³/mol. The summed E-state index contributed by atoms with van der Waals surface area (Å²) in [6.45, 7) is 0. The second kappa shape index (κ2) is 5.06. The third-order valence-electron chi connectivity index (χ3n) is 2.38. The van der Waals surface area contributed by atoms with Gasteiger partial charge in [-0.3, -0.25) is 4.79 Å². The summed E-state index contributed by atoms with van der Waals surface area (Å²) >= 11 is 5.81. The van der Waals surface area contributed by atoms with Gasteiger partial charge in [-0.2, -0.15) is 0 Å². The molecule has 1 amide bonds. The van der Waals surface area contributed by atoms with Crippen molar-refractivity contribution in [3.8, 4) is 0 Å². The molecule has 2 aromatic rings. The van der Waals surface area contributed by atoms with Gasteiger partial charge in [0, 0.05) is 5.56 Å². The number of nitrogens with one attached hydrogen (secondary N) is 1. The van der Waals surface area contributed by atoms with Crippen molar-refractivity contribution in [1.29, 1.82) is 0 Å². The third-order valence-corrected chi connectivity index (χ3v) is 2.71. The van der Waals surface area contributed by atoms with E-state index in [0.717, 1.165) is 0 Å². The summed E-state index contributed by atoms with van der Waals surface area (Å²) in [5.41, 5.74) is 6.37. The van der Waals surface area contributed by atoms with Gasteiger partial charge in [-0.25, -0.2) is 4.39 Å². The Bertz CT molecular complexity index is 601. The van der Waals surface area contributed by atoms with E-state index in [9.17, 15) is 9.18 Å². The molecule has 0 aromatic heterocycles. The molecule has 0 aliphatic heterocycles. The van der Waals surface area contributed by atoms with E-state index in [1.807, 2.05) is 0 Å². The van der Waals surface area contributed by atoms with E-state index in [2.05, 4.69) is 5.32 Å². The van der Waals surface area contributed by atoms with Crippen molar-refractivity contribution in [2.45, 2.75) is 0 Å². The molecule has 0 saturated heterocycles. The summed E-state index contributed by atoms with van der Waals surface area (Å²) in [4.78, 5) is 11.9. The number of carbonyl (C=O) groups is 1. The van der Waals surface area contributed by atoms with Crippen LogP contribution in [0.1, 0.15) is 10.4 Å². The Morgan fingerprint density at radius 3 is 2.61 bits per heavy atom. The van der Waals surface area contributed by atoms with Gasteiger partial charge in [0.05, 0.1) is 16.4 Å². The van der Waals surface area contributed by atoms with Crippen LogP contribution in [0, 0.1) is 5.82 Å². The average Bonchev–Trinajstić information content (AvgIpc) is 2.35. The van der Waals surface area contributed by atoms with Gasteiger partial charge < -0.3 is 11.1 Å². The quantitative estimate of drug-likeness (QED) is 0.818. The molecule has 0 saturated carbocycles. The maximum atomic E-state index is 13.3. The topological polar surface area (TPSA) is 55.1 Å². The first kappa shape index (κ1) is 12.4. The van der Waals surface area contributed by atoms with Crippen LogP contribution >= 0.6 is 11.6 Å². The summed E-state index contributed by atoms with van der Waals surface area (Å²) in [5.74, 6) is -0.936. The highest BCUT2D eigenvalue weighted by Gasteiger charge is 2.10. The molecule has 3 N–H and O–H groups in total. The fourth-order valence-corrected chi connectivity index (χ4v) is 1.61. The van der Waals surface area contributed by atoms with Gasteiger partial charge in [-0.15, -0.1) is 0 Å². The lowest BCUT2D eigenvalue weighted by atomic mass is 10.2. The van der Waals surface area contributed by atoms with Crippen LogP contribution in [0.15, 0.2) is 42.5 Å². The summed E-state index contributed by atoms with van der Waals surface area (Å²) in [7, 11) is 0. The van der Waals surface area contributed by atoms with Gasteiger partial charge in [0.25, 0.3) is 5.91 Å². The van der Waals surface area contributed by atoms with Gasteiger partial charge in [0.2, 0.25) is 0 Å². The molecule has 0 radical (unpaired) electrons. The molecule has 2 aromatic carbocycles. The summed E-state index contributed by atoms with van der Waals surface area (Å²) < 4.78 is 13.3. The summed E-state index contributed by atoms with van der Waals surface area (Å²) in [5, 5.41) is 2.75. The Balaban J connectivity index is 2.22. The lowest BCUT2D eigenvalue weighted by Crippen LogP contribution is -2.13. The van der Waals surface area contributed by atoms with Crippen molar-refractivity contribution in [3.63, 3.8) is 0 Å². The molecule has 92 valence electrons. The second-order valence-electron chi connectivity index (χ2n) is 3.67. The Hall–Kier alpha value is -2.07. The van der Waals surface area contributed by atoms with Crippen LogP contribution < -0.4 is 11.1 Å². The molecule has 0 heterocycles. The Morgan fingerprint density at radius 1 is 1.22 bits per heavy atom. The van der Waals surface area contributed by atoms with Crippen molar-refractivity contribution >= 4 is 28.9 Å². The van der Waals surface area contributed by atoms with Crippen LogP contribution in [0.5, 0.6) is 0 Å². The predicted octanol–water partition coefficient (Wildman–Crippen LogP) is 3.31. The third kappa shape index (κ3) is 2.60. The molecule has 3 nitrogen and oxygen atoms in total. The molecule has 0 aliphatic rings. The molecular formula is C13H10ClFN2O. The first-order valence-corrected chi connectivity index (χ1v) is 5.56. The number of benzene rings is 2.